The predicted molar refractivity (Wildman–Crippen MR) is 68.5 cm³/mol. The summed E-state index contributed by atoms with van der Waals surface area (Å²) < 4.78 is 28.0. The highest BCUT2D eigenvalue weighted by Crippen LogP contribution is 2.06. The first-order valence-corrected chi connectivity index (χ1v) is 7.09. The van der Waals surface area contributed by atoms with Crippen LogP contribution in [0.25, 0.3) is 0 Å². The van der Waals surface area contributed by atoms with Crippen LogP contribution < -0.4 is 4.72 Å². The highest BCUT2D eigenvalue weighted by atomic mass is 32.2. The van der Waals surface area contributed by atoms with Crippen LogP contribution in [-0.2, 0) is 23.5 Å². The molecule has 18 heavy (non-hydrogen) atoms. The minimum absolute atomic E-state index is 0.283. The molecule has 0 atom stereocenters. The van der Waals surface area contributed by atoms with Gasteiger partial charge in [0.1, 0.15) is 0 Å². The standard InChI is InChI=1S/C12H15N3O2S/c1-15-10-8-11(14-15)7-9-13-18(16,17)12-5-3-2-4-6-12/h2-6,8,10,13H,7,9H2,1H3. The van der Waals surface area contributed by atoms with Crippen LogP contribution in [0.1, 0.15) is 5.69 Å². The number of aromatic nitrogens is 2. The molecule has 0 aliphatic heterocycles. The highest BCUT2D eigenvalue weighted by molar-refractivity contribution is 7.89. The highest BCUT2D eigenvalue weighted by Gasteiger charge is 2.12. The second-order valence-corrected chi connectivity index (χ2v) is 5.71. The summed E-state index contributed by atoms with van der Waals surface area (Å²) in [7, 11) is -1.58. The Morgan fingerprint density at radius 2 is 1.94 bits per heavy atom. The van der Waals surface area contributed by atoms with Gasteiger partial charge in [-0.15, -0.1) is 0 Å². The van der Waals surface area contributed by atoms with Gasteiger partial charge in [-0.05, 0) is 18.2 Å². The van der Waals surface area contributed by atoms with E-state index in [1.165, 1.54) is 0 Å². The van der Waals surface area contributed by atoms with Crippen LogP contribution >= 0.6 is 0 Å². The molecule has 0 saturated carbocycles. The summed E-state index contributed by atoms with van der Waals surface area (Å²) in [6.07, 6.45) is 2.41. The Balaban J connectivity index is 1.94. The van der Waals surface area contributed by atoms with Crippen molar-refractivity contribution in [3.8, 4) is 0 Å². The van der Waals surface area contributed by atoms with E-state index in [-0.39, 0.29) is 4.90 Å². The number of hydrogen-bond donors (Lipinski definition) is 1. The van der Waals surface area contributed by atoms with Crippen molar-refractivity contribution in [3.63, 3.8) is 0 Å². The maximum atomic E-state index is 11.9. The Kier molecular flexibility index (Phi) is 3.78. The van der Waals surface area contributed by atoms with E-state index in [0.717, 1.165) is 5.69 Å². The first kappa shape index (κ1) is 12.8. The summed E-state index contributed by atoms with van der Waals surface area (Å²) >= 11 is 0. The molecule has 96 valence electrons. The predicted octanol–water partition coefficient (Wildman–Crippen LogP) is 0.941. The van der Waals surface area contributed by atoms with Crippen molar-refractivity contribution in [2.75, 3.05) is 6.54 Å². The van der Waals surface area contributed by atoms with E-state index in [9.17, 15) is 8.42 Å². The van der Waals surface area contributed by atoms with Crippen LogP contribution in [0.15, 0.2) is 47.5 Å². The van der Waals surface area contributed by atoms with Crippen molar-refractivity contribution in [2.45, 2.75) is 11.3 Å². The van der Waals surface area contributed by atoms with Gasteiger partial charge in [0.05, 0.1) is 10.6 Å². The van der Waals surface area contributed by atoms with E-state index in [1.807, 2.05) is 19.3 Å². The van der Waals surface area contributed by atoms with Gasteiger partial charge in [0.2, 0.25) is 10.0 Å². The maximum Gasteiger partial charge on any atom is 0.240 e. The molecular formula is C12H15N3O2S. The van der Waals surface area contributed by atoms with Crippen molar-refractivity contribution < 1.29 is 8.42 Å². The molecule has 5 nitrogen and oxygen atoms in total. The molecule has 1 aromatic carbocycles. The molecule has 6 heteroatoms. The minimum Gasteiger partial charge on any atom is -0.276 e. The van der Waals surface area contributed by atoms with E-state index < -0.39 is 10.0 Å². The second kappa shape index (κ2) is 5.32. The third-order valence-corrected chi connectivity index (χ3v) is 3.97. The average Bonchev–Trinajstić information content (AvgIpc) is 2.76. The lowest BCUT2D eigenvalue weighted by Gasteiger charge is -2.05. The maximum absolute atomic E-state index is 11.9. The van der Waals surface area contributed by atoms with Gasteiger partial charge in [-0.3, -0.25) is 4.68 Å². The summed E-state index contributed by atoms with van der Waals surface area (Å²) in [4.78, 5) is 0.283. The van der Waals surface area contributed by atoms with Crippen molar-refractivity contribution in [2.24, 2.45) is 7.05 Å². The number of rotatable bonds is 5. The molecule has 0 saturated heterocycles. The summed E-state index contributed by atoms with van der Waals surface area (Å²) in [5.74, 6) is 0. The first-order valence-electron chi connectivity index (χ1n) is 5.61. The zero-order valence-corrected chi connectivity index (χ0v) is 10.9. The number of aryl methyl sites for hydroxylation is 1. The Hall–Kier alpha value is -1.66. The van der Waals surface area contributed by atoms with E-state index >= 15 is 0 Å². The molecule has 0 unspecified atom stereocenters. The Morgan fingerprint density at radius 3 is 2.56 bits per heavy atom. The van der Waals surface area contributed by atoms with Crippen molar-refractivity contribution in [3.05, 3.63) is 48.3 Å². The van der Waals surface area contributed by atoms with Gasteiger partial charge in [-0.25, -0.2) is 13.1 Å². The van der Waals surface area contributed by atoms with E-state index in [0.29, 0.717) is 13.0 Å². The van der Waals surface area contributed by atoms with Crippen LogP contribution in [-0.4, -0.2) is 24.7 Å². The molecule has 1 aromatic heterocycles. The molecule has 2 aromatic rings. The first-order chi connectivity index (χ1) is 8.58. The topological polar surface area (TPSA) is 64.0 Å². The van der Waals surface area contributed by atoms with Gasteiger partial charge in [0.25, 0.3) is 0 Å². The fraction of sp³-hybridized carbons (Fsp3) is 0.250. The molecule has 0 spiro atoms. The van der Waals surface area contributed by atoms with Gasteiger partial charge < -0.3 is 0 Å². The smallest absolute Gasteiger partial charge is 0.240 e. The van der Waals surface area contributed by atoms with Crippen molar-refractivity contribution in [1.29, 1.82) is 0 Å². The zero-order valence-electron chi connectivity index (χ0n) is 10.1. The Bertz CT molecular complexity index is 605. The van der Waals surface area contributed by atoms with Crippen LogP contribution in [0.2, 0.25) is 0 Å². The summed E-state index contributed by atoms with van der Waals surface area (Å²) in [6.45, 7) is 0.342. The fourth-order valence-corrected chi connectivity index (χ4v) is 2.65. The Morgan fingerprint density at radius 1 is 1.22 bits per heavy atom. The monoisotopic (exact) mass is 265 g/mol. The lowest BCUT2D eigenvalue weighted by molar-refractivity contribution is 0.581. The summed E-state index contributed by atoms with van der Waals surface area (Å²) in [5.41, 5.74) is 0.869. The normalized spacial score (nSPS) is 11.6. The zero-order chi connectivity index (χ0) is 13.0. The van der Waals surface area contributed by atoms with Crippen LogP contribution in [0.3, 0.4) is 0 Å². The van der Waals surface area contributed by atoms with Crippen LogP contribution in [0.4, 0.5) is 0 Å². The third-order valence-electron chi connectivity index (χ3n) is 2.50. The number of benzene rings is 1. The molecular weight excluding hydrogens is 250 g/mol. The van der Waals surface area contributed by atoms with Crippen molar-refractivity contribution in [1.82, 2.24) is 14.5 Å². The minimum atomic E-state index is -3.41. The van der Waals surface area contributed by atoms with E-state index in [1.54, 1.807) is 35.0 Å². The number of hydrogen-bond acceptors (Lipinski definition) is 3. The second-order valence-electron chi connectivity index (χ2n) is 3.94. The average molecular weight is 265 g/mol. The largest absolute Gasteiger partial charge is 0.276 e. The molecule has 1 N–H and O–H groups in total. The SMILES string of the molecule is Cn1ccc(CCNS(=O)(=O)c2ccccc2)n1. The lowest BCUT2D eigenvalue weighted by atomic mass is 10.3. The third kappa shape index (κ3) is 3.18. The van der Waals surface area contributed by atoms with Gasteiger partial charge in [-0.2, -0.15) is 5.10 Å². The van der Waals surface area contributed by atoms with E-state index in [2.05, 4.69) is 9.82 Å². The summed E-state index contributed by atoms with van der Waals surface area (Å²) in [5, 5.41) is 4.18. The lowest BCUT2D eigenvalue weighted by Crippen LogP contribution is -2.26. The quantitative estimate of drug-likeness (QED) is 0.875. The van der Waals surface area contributed by atoms with Gasteiger partial charge in [0, 0.05) is 26.2 Å². The molecule has 0 aliphatic carbocycles. The van der Waals surface area contributed by atoms with Gasteiger partial charge >= 0.3 is 0 Å². The Labute approximate surface area is 107 Å². The van der Waals surface area contributed by atoms with Crippen LogP contribution in [0, 0.1) is 0 Å². The molecule has 0 aliphatic rings. The van der Waals surface area contributed by atoms with Gasteiger partial charge in [0.15, 0.2) is 0 Å². The molecule has 0 fully saturated rings. The molecule has 2 rings (SSSR count). The molecule has 0 bridgehead atoms. The number of sulfonamides is 1. The number of nitrogens with zero attached hydrogens (tertiary/aromatic N) is 2. The summed E-state index contributed by atoms with van der Waals surface area (Å²) in [6, 6.07) is 10.2. The van der Waals surface area contributed by atoms with E-state index in [4.69, 9.17) is 0 Å². The van der Waals surface area contributed by atoms with Gasteiger partial charge in [-0.1, -0.05) is 18.2 Å². The molecule has 0 amide bonds. The van der Waals surface area contributed by atoms with Crippen molar-refractivity contribution >= 4 is 10.0 Å². The molecule has 1 heterocycles. The fourth-order valence-electron chi connectivity index (χ4n) is 1.59. The number of nitrogens with one attached hydrogen (secondary N) is 1. The van der Waals surface area contributed by atoms with Crippen LogP contribution in [0.5, 0.6) is 0 Å². The molecule has 0 radical (unpaired) electrons.